The molecule has 0 heterocycles. The summed E-state index contributed by atoms with van der Waals surface area (Å²) in [4.78, 5) is 60.4. The number of nitrogens with zero attached hydrogens (tertiary/aromatic N) is 9. The normalized spacial score (nSPS) is 12.2. The molecule has 0 spiro atoms. The number of alkyl carbamates (subject to hydrolysis) is 1. The van der Waals surface area contributed by atoms with Gasteiger partial charge in [-0.1, -0.05) is 63.9 Å². The Morgan fingerprint density at radius 2 is 0.720 bits per heavy atom. The first kappa shape index (κ1) is 69.8. The van der Waals surface area contributed by atoms with E-state index in [-0.39, 0.29) is 148 Å². The SMILES string of the molecule is [N-]=[N+]=NCCOCCOCCOCCNC(=O)CCOCC(COCCC(=O)NCCOCCOCCOCCN=[N+]=[N-])(COCCC(=O)NCCOCCOCCOCCN=[N+]=[N-])NC(=O)OCC1c2ccccc2-c2ccccc21. The number of benzene rings is 2. The molecule has 30 nitrogen and oxygen atoms in total. The van der Waals surface area contributed by atoms with Crippen molar-refractivity contribution in [1.82, 2.24) is 21.3 Å². The van der Waals surface area contributed by atoms with Crippen molar-refractivity contribution in [2.24, 2.45) is 15.3 Å². The molecule has 0 saturated carbocycles. The Morgan fingerprint density at radius 3 is 1.05 bits per heavy atom. The minimum absolute atomic E-state index is 0.00585. The lowest BCUT2D eigenvalue weighted by Gasteiger charge is -2.34. The molecule has 30 heteroatoms. The zero-order chi connectivity index (χ0) is 58.7. The first-order valence-corrected chi connectivity index (χ1v) is 27.2. The van der Waals surface area contributed by atoms with Crippen molar-refractivity contribution in [3.63, 3.8) is 0 Å². The van der Waals surface area contributed by atoms with Crippen molar-refractivity contribution in [2.45, 2.75) is 30.7 Å². The van der Waals surface area contributed by atoms with E-state index < -0.39 is 11.6 Å². The molecular weight excluding hydrogens is 1080 g/mol. The fourth-order valence-electron chi connectivity index (χ4n) is 7.51. The third-order valence-electron chi connectivity index (χ3n) is 11.4. The van der Waals surface area contributed by atoms with E-state index in [1.165, 1.54) is 0 Å². The number of amides is 4. The summed E-state index contributed by atoms with van der Waals surface area (Å²) in [5, 5.41) is 21.4. The van der Waals surface area contributed by atoms with Gasteiger partial charge in [-0.15, -0.1) is 0 Å². The topological polar surface area (TPSA) is 383 Å². The highest BCUT2D eigenvalue weighted by molar-refractivity contribution is 5.79. The highest BCUT2D eigenvalue weighted by Crippen LogP contribution is 2.44. The monoisotopic (exact) mass is 1160 g/mol. The maximum Gasteiger partial charge on any atom is 0.407 e. The quantitative estimate of drug-likeness (QED) is 0.0316. The van der Waals surface area contributed by atoms with Crippen LogP contribution in [0.2, 0.25) is 0 Å². The second-order valence-corrected chi connectivity index (χ2v) is 17.6. The van der Waals surface area contributed by atoms with Crippen molar-refractivity contribution in [2.75, 3.05) is 204 Å². The molecule has 0 unspecified atom stereocenters. The van der Waals surface area contributed by atoms with Gasteiger partial charge in [-0.3, -0.25) is 14.4 Å². The van der Waals surface area contributed by atoms with E-state index in [0.717, 1.165) is 22.3 Å². The van der Waals surface area contributed by atoms with Gasteiger partial charge in [-0.05, 0) is 38.8 Å². The van der Waals surface area contributed by atoms with Crippen LogP contribution in [-0.2, 0) is 76.0 Å². The molecule has 0 saturated heterocycles. The number of rotatable bonds is 54. The lowest BCUT2D eigenvalue weighted by atomic mass is 9.98. The molecule has 2 aromatic rings. The Bertz CT molecular complexity index is 2030. The summed E-state index contributed by atoms with van der Waals surface area (Å²) in [6, 6.07) is 15.9. The Kier molecular flexibility index (Phi) is 41.0. The van der Waals surface area contributed by atoms with Crippen LogP contribution in [0.3, 0.4) is 0 Å². The van der Waals surface area contributed by atoms with Crippen molar-refractivity contribution in [1.29, 1.82) is 0 Å². The van der Waals surface area contributed by atoms with Gasteiger partial charge in [0.25, 0.3) is 0 Å². The van der Waals surface area contributed by atoms with Crippen LogP contribution in [0.25, 0.3) is 42.5 Å². The molecule has 0 atom stereocenters. The molecule has 0 fully saturated rings. The zero-order valence-electron chi connectivity index (χ0n) is 46.7. The predicted octanol–water partition coefficient (Wildman–Crippen LogP) is 3.91. The third-order valence-corrected chi connectivity index (χ3v) is 11.4. The average molecular weight is 1160 g/mol. The number of hydrogen-bond acceptors (Lipinski definition) is 20. The molecule has 1 aliphatic carbocycles. The molecule has 3 rings (SSSR count). The van der Waals surface area contributed by atoms with E-state index in [9.17, 15) is 19.2 Å². The summed E-state index contributed by atoms with van der Waals surface area (Å²) in [6.45, 7) is 6.24. The van der Waals surface area contributed by atoms with Gasteiger partial charge >= 0.3 is 6.09 Å². The van der Waals surface area contributed by atoms with Crippen LogP contribution >= 0.6 is 0 Å². The van der Waals surface area contributed by atoms with Crippen LogP contribution in [0.4, 0.5) is 4.79 Å². The molecule has 4 amide bonds. The highest BCUT2D eigenvalue weighted by Gasteiger charge is 2.36. The van der Waals surface area contributed by atoms with Crippen molar-refractivity contribution in [3.05, 3.63) is 91.0 Å². The van der Waals surface area contributed by atoms with E-state index in [1.54, 1.807) is 0 Å². The second kappa shape index (κ2) is 48.1. The molecule has 1 aliphatic rings. The van der Waals surface area contributed by atoms with E-state index in [2.05, 4.69) is 51.3 Å². The summed E-state index contributed by atoms with van der Waals surface area (Å²) in [7, 11) is 0. The van der Waals surface area contributed by atoms with Crippen LogP contribution < -0.4 is 21.3 Å². The lowest BCUT2D eigenvalue weighted by molar-refractivity contribution is -0.123. The maximum atomic E-state index is 14.0. The lowest BCUT2D eigenvalue weighted by Crippen LogP contribution is -2.59. The predicted molar refractivity (Wildman–Crippen MR) is 296 cm³/mol. The van der Waals surface area contributed by atoms with Gasteiger partial charge in [0.2, 0.25) is 17.7 Å². The van der Waals surface area contributed by atoms with Gasteiger partial charge in [0.1, 0.15) is 12.1 Å². The van der Waals surface area contributed by atoms with Gasteiger partial charge in [0.15, 0.2) is 0 Å². The van der Waals surface area contributed by atoms with Crippen LogP contribution in [0.15, 0.2) is 63.9 Å². The number of fused-ring (bicyclic) bond motifs is 3. The molecule has 456 valence electrons. The van der Waals surface area contributed by atoms with Gasteiger partial charge < -0.3 is 82.8 Å². The second-order valence-electron chi connectivity index (χ2n) is 17.6. The summed E-state index contributed by atoms with van der Waals surface area (Å²) in [6.07, 6.45) is -0.905. The number of nitrogens with one attached hydrogen (secondary N) is 4. The van der Waals surface area contributed by atoms with Crippen LogP contribution in [0.1, 0.15) is 36.3 Å². The molecular formula is C52H81N13O17. The number of hydrogen-bond donors (Lipinski definition) is 4. The largest absolute Gasteiger partial charge is 0.449 e. The minimum atomic E-state index is -1.44. The van der Waals surface area contributed by atoms with Crippen molar-refractivity contribution >= 4 is 23.8 Å². The van der Waals surface area contributed by atoms with Gasteiger partial charge in [-0.25, -0.2) is 4.79 Å². The Hall–Kier alpha value is -6.43. The van der Waals surface area contributed by atoms with Gasteiger partial charge in [0, 0.05) is 79.2 Å². The number of azide groups is 3. The molecule has 0 radical (unpaired) electrons. The number of carbonyl (C=O) groups is 4. The molecule has 0 aliphatic heterocycles. The average Bonchev–Trinajstić information content (AvgIpc) is 3.29. The fourth-order valence-corrected chi connectivity index (χ4v) is 7.51. The summed E-state index contributed by atoms with van der Waals surface area (Å²) in [5.74, 6) is -1.16. The maximum absolute atomic E-state index is 14.0. The zero-order valence-corrected chi connectivity index (χ0v) is 46.7. The Morgan fingerprint density at radius 1 is 0.415 bits per heavy atom. The first-order chi connectivity index (χ1) is 40.3. The fraction of sp³-hybridized carbons (Fsp3) is 0.692. The van der Waals surface area contributed by atoms with Crippen LogP contribution in [0.5, 0.6) is 0 Å². The molecule has 2 aromatic carbocycles. The Balaban J connectivity index is 1.56. The van der Waals surface area contributed by atoms with E-state index in [1.807, 2.05) is 48.5 Å². The summed E-state index contributed by atoms with van der Waals surface area (Å²) >= 11 is 0. The van der Waals surface area contributed by atoms with Crippen LogP contribution in [-0.4, -0.2) is 234 Å². The standard InChI is InChI=1S/C52H81N13O17/c53-63-59-15-24-73-30-36-76-33-27-70-21-12-56-48(66)9-18-79-40-52(41-80-19-10-49(67)57-13-22-71-28-34-77-37-31-74-25-16-60-64-54,42-81-20-11-50(68)58-14-23-72-29-35-78-38-32-75-26-17-61-65-55)62-51(69)82-39-47-45-7-3-1-5-43(45)44-6-2-4-8-46(44)47/h1-8,47H,9-42H2,(H,56,66)(H,57,67)(H,58,68)(H,62,69). The molecule has 0 bridgehead atoms. The van der Waals surface area contributed by atoms with E-state index >= 15 is 0 Å². The summed E-state index contributed by atoms with van der Waals surface area (Å²) < 4.78 is 72.9. The first-order valence-electron chi connectivity index (χ1n) is 27.2. The molecule has 4 N–H and O–H groups in total. The Labute approximate surface area is 477 Å². The molecule has 82 heavy (non-hydrogen) atoms. The highest BCUT2D eigenvalue weighted by atomic mass is 16.6. The van der Waals surface area contributed by atoms with Gasteiger partial charge in [-0.2, -0.15) is 0 Å². The minimum Gasteiger partial charge on any atom is -0.449 e. The van der Waals surface area contributed by atoms with Crippen molar-refractivity contribution in [3.8, 4) is 11.1 Å². The van der Waals surface area contributed by atoms with Crippen LogP contribution in [0, 0.1) is 0 Å². The van der Waals surface area contributed by atoms with Crippen molar-refractivity contribution < 1.29 is 80.8 Å². The summed E-state index contributed by atoms with van der Waals surface area (Å²) in [5.41, 5.74) is 27.6. The number of carbonyl (C=O) groups excluding carboxylic acids is 4. The number of ether oxygens (including phenoxy) is 13. The third kappa shape index (κ3) is 34.1. The molecule has 0 aromatic heterocycles. The van der Waals surface area contributed by atoms with E-state index in [4.69, 9.17) is 78.2 Å². The van der Waals surface area contributed by atoms with Gasteiger partial charge in [0.05, 0.1) is 159 Å². The smallest absolute Gasteiger partial charge is 0.407 e. The van der Waals surface area contributed by atoms with E-state index in [0.29, 0.717) is 99.1 Å².